The number of aromatic nitrogens is 2. The van der Waals surface area contributed by atoms with E-state index in [9.17, 15) is 18.0 Å². The van der Waals surface area contributed by atoms with E-state index in [2.05, 4.69) is 20.8 Å². The molecule has 8 heteroatoms. The monoisotopic (exact) mass is 262 g/mol. The molecule has 0 aliphatic heterocycles. The molecule has 0 fully saturated rings. The molecule has 1 unspecified atom stereocenters. The van der Waals surface area contributed by atoms with Crippen molar-refractivity contribution < 1.29 is 18.0 Å². The molecule has 1 aromatic rings. The van der Waals surface area contributed by atoms with Crippen LogP contribution >= 0.6 is 0 Å². The fourth-order valence-corrected chi connectivity index (χ4v) is 1.31. The molecule has 1 heterocycles. The SMILES string of the molecule is CNC(=O)c1ccc(NC(C)CC(F)(F)F)nn1. The molecule has 0 bridgehead atoms. The summed E-state index contributed by atoms with van der Waals surface area (Å²) in [5.41, 5.74) is 0.103. The number of hydrogen-bond donors (Lipinski definition) is 2. The van der Waals surface area contributed by atoms with Crippen LogP contribution in [-0.4, -0.2) is 35.4 Å². The number of nitrogens with one attached hydrogen (secondary N) is 2. The van der Waals surface area contributed by atoms with Gasteiger partial charge in [0.2, 0.25) is 0 Å². The lowest BCUT2D eigenvalue weighted by Gasteiger charge is -2.15. The van der Waals surface area contributed by atoms with Crippen LogP contribution in [0.15, 0.2) is 12.1 Å². The molecule has 5 nitrogen and oxygen atoms in total. The number of nitrogens with zero attached hydrogens (tertiary/aromatic N) is 2. The lowest BCUT2D eigenvalue weighted by Crippen LogP contribution is -2.25. The van der Waals surface area contributed by atoms with E-state index in [4.69, 9.17) is 0 Å². The zero-order chi connectivity index (χ0) is 13.8. The molecule has 1 atom stereocenters. The van der Waals surface area contributed by atoms with Crippen molar-refractivity contribution in [3.63, 3.8) is 0 Å². The highest BCUT2D eigenvalue weighted by molar-refractivity contribution is 5.91. The number of rotatable bonds is 4. The van der Waals surface area contributed by atoms with E-state index in [1.807, 2.05) is 0 Å². The number of amides is 1. The number of carbonyl (C=O) groups is 1. The van der Waals surface area contributed by atoms with Gasteiger partial charge in [0.15, 0.2) is 5.69 Å². The van der Waals surface area contributed by atoms with E-state index in [-0.39, 0.29) is 11.5 Å². The van der Waals surface area contributed by atoms with Crippen molar-refractivity contribution in [2.75, 3.05) is 12.4 Å². The number of carbonyl (C=O) groups excluding carboxylic acids is 1. The molecule has 0 aliphatic carbocycles. The third kappa shape index (κ3) is 4.56. The Hall–Kier alpha value is -1.86. The fraction of sp³-hybridized carbons (Fsp3) is 0.500. The predicted octanol–water partition coefficient (Wildman–Crippen LogP) is 1.59. The maximum atomic E-state index is 12.1. The van der Waals surface area contributed by atoms with Gasteiger partial charge in [-0.1, -0.05) is 0 Å². The Morgan fingerprint density at radius 2 is 2.06 bits per heavy atom. The van der Waals surface area contributed by atoms with Crippen molar-refractivity contribution in [2.24, 2.45) is 0 Å². The molecule has 0 saturated carbocycles. The van der Waals surface area contributed by atoms with Crippen molar-refractivity contribution in [1.29, 1.82) is 0 Å². The normalized spacial score (nSPS) is 12.9. The van der Waals surface area contributed by atoms with Gasteiger partial charge in [0.05, 0.1) is 6.42 Å². The van der Waals surface area contributed by atoms with E-state index in [1.54, 1.807) is 0 Å². The van der Waals surface area contributed by atoms with Crippen molar-refractivity contribution in [1.82, 2.24) is 15.5 Å². The summed E-state index contributed by atoms with van der Waals surface area (Å²) < 4.78 is 36.3. The predicted molar refractivity (Wildman–Crippen MR) is 59.2 cm³/mol. The molecule has 0 saturated heterocycles. The van der Waals surface area contributed by atoms with E-state index in [0.29, 0.717) is 0 Å². The van der Waals surface area contributed by atoms with Gasteiger partial charge in [-0.25, -0.2) is 0 Å². The van der Waals surface area contributed by atoms with Crippen LogP contribution in [0.2, 0.25) is 0 Å². The maximum Gasteiger partial charge on any atom is 0.391 e. The Balaban J connectivity index is 2.61. The van der Waals surface area contributed by atoms with E-state index in [1.165, 1.54) is 26.1 Å². The molecule has 18 heavy (non-hydrogen) atoms. The molecular formula is C10H13F3N4O. The summed E-state index contributed by atoms with van der Waals surface area (Å²) >= 11 is 0. The second-order valence-electron chi connectivity index (χ2n) is 3.75. The Morgan fingerprint density at radius 1 is 1.39 bits per heavy atom. The summed E-state index contributed by atoms with van der Waals surface area (Å²) in [6.07, 6.45) is -5.20. The topological polar surface area (TPSA) is 66.9 Å². The van der Waals surface area contributed by atoms with Gasteiger partial charge in [0.1, 0.15) is 5.82 Å². The Bertz CT molecular complexity index is 405. The molecular weight excluding hydrogens is 249 g/mol. The van der Waals surface area contributed by atoms with Crippen LogP contribution in [0.3, 0.4) is 0 Å². The molecule has 1 aromatic heterocycles. The minimum atomic E-state index is -4.23. The van der Waals surface area contributed by atoms with Crippen LogP contribution in [0.25, 0.3) is 0 Å². The highest BCUT2D eigenvalue weighted by Gasteiger charge is 2.30. The standard InChI is InChI=1S/C10H13F3N4O/c1-6(5-10(11,12)13)15-8-4-3-7(16-17-8)9(18)14-2/h3-4,6H,5H2,1-2H3,(H,14,18)(H,15,17). The fourth-order valence-electron chi connectivity index (χ4n) is 1.31. The second kappa shape index (κ2) is 5.65. The molecule has 0 spiro atoms. The summed E-state index contributed by atoms with van der Waals surface area (Å²) in [7, 11) is 1.45. The van der Waals surface area contributed by atoms with Gasteiger partial charge in [0, 0.05) is 13.1 Å². The van der Waals surface area contributed by atoms with Gasteiger partial charge >= 0.3 is 6.18 Å². The Morgan fingerprint density at radius 3 is 2.50 bits per heavy atom. The van der Waals surface area contributed by atoms with Crippen LogP contribution in [0.5, 0.6) is 0 Å². The summed E-state index contributed by atoms with van der Waals surface area (Å²) in [5.74, 6) is -0.211. The first-order chi connectivity index (χ1) is 8.31. The van der Waals surface area contributed by atoms with Gasteiger partial charge in [-0.3, -0.25) is 4.79 Å². The molecule has 0 radical (unpaired) electrons. The molecule has 1 amide bonds. The summed E-state index contributed by atoms with van der Waals surface area (Å²) in [4.78, 5) is 11.2. The third-order valence-electron chi connectivity index (χ3n) is 2.06. The van der Waals surface area contributed by atoms with E-state index in [0.717, 1.165) is 0 Å². The average molecular weight is 262 g/mol. The van der Waals surface area contributed by atoms with Gasteiger partial charge in [-0.2, -0.15) is 13.2 Å². The first-order valence-corrected chi connectivity index (χ1v) is 5.21. The molecule has 0 aromatic carbocycles. The lowest BCUT2D eigenvalue weighted by molar-refractivity contribution is -0.136. The molecule has 0 aliphatic rings. The van der Waals surface area contributed by atoms with Crippen LogP contribution in [0.4, 0.5) is 19.0 Å². The average Bonchev–Trinajstić information content (AvgIpc) is 2.26. The molecule has 1 rings (SSSR count). The van der Waals surface area contributed by atoms with Crippen molar-refractivity contribution in [3.05, 3.63) is 17.8 Å². The first kappa shape index (κ1) is 14.2. The first-order valence-electron chi connectivity index (χ1n) is 5.21. The van der Waals surface area contributed by atoms with Gasteiger partial charge in [-0.05, 0) is 19.1 Å². The zero-order valence-electron chi connectivity index (χ0n) is 9.88. The Kier molecular flexibility index (Phi) is 4.46. The minimum absolute atomic E-state index is 0.103. The lowest BCUT2D eigenvalue weighted by atomic mass is 10.2. The summed E-state index contributed by atoms with van der Waals surface area (Å²) in [6, 6.07) is 1.98. The second-order valence-corrected chi connectivity index (χ2v) is 3.75. The molecule has 2 N–H and O–H groups in total. The van der Waals surface area contributed by atoms with Crippen LogP contribution in [0.1, 0.15) is 23.8 Å². The largest absolute Gasteiger partial charge is 0.391 e. The Labute approximate surface area is 102 Å². The highest BCUT2D eigenvalue weighted by atomic mass is 19.4. The van der Waals surface area contributed by atoms with Crippen LogP contribution in [0, 0.1) is 0 Å². The van der Waals surface area contributed by atoms with E-state index < -0.39 is 24.5 Å². The quantitative estimate of drug-likeness (QED) is 0.864. The summed E-state index contributed by atoms with van der Waals surface area (Å²) in [5, 5.41) is 12.1. The highest BCUT2D eigenvalue weighted by Crippen LogP contribution is 2.22. The van der Waals surface area contributed by atoms with E-state index >= 15 is 0 Å². The van der Waals surface area contributed by atoms with Gasteiger partial charge in [0.25, 0.3) is 5.91 Å². The van der Waals surface area contributed by atoms with Gasteiger partial charge in [-0.15, -0.1) is 10.2 Å². The molecule has 100 valence electrons. The third-order valence-corrected chi connectivity index (χ3v) is 2.06. The van der Waals surface area contributed by atoms with Crippen LogP contribution < -0.4 is 10.6 Å². The van der Waals surface area contributed by atoms with Crippen molar-refractivity contribution in [2.45, 2.75) is 25.6 Å². The maximum absolute atomic E-state index is 12.1. The minimum Gasteiger partial charge on any atom is -0.366 e. The van der Waals surface area contributed by atoms with Gasteiger partial charge < -0.3 is 10.6 Å². The van der Waals surface area contributed by atoms with Crippen LogP contribution in [-0.2, 0) is 0 Å². The number of halogens is 3. The number of alkyl halides is 3. The number of hydrogen-bond acceptors (Lipinski definition) is 4. The van der Waals surface area contributed by atoms with Crippen molar-refractivity contribution >= 4 is 11.7 Å². The summed E-state index contributed by atoms with van der Waals surface area (Å²) in [6.45, 7) is 1.39. The number of anilines is 1. The smallest absolute Gasteiger partial charge is 0.366 e. The van der Waals surface area contributed by atoms with Crippen molar-refractivity contribution in [3.8, 4) is 0 Å². The zero-order valence-corrected chi connectivity index (χ0v) is 9.88.